The first-order chi connectivity index (χ1) is 12.8. The second-order valence-corrected chi connectivity index (χ2v) is 7.55. The van der Waals surface area contributed by atoms with E-state index < -0.39 is 23.5 Å². The highest BCUT2D eigenvalue weighted by Gasteiger charge is 2.44. The molecule has 148 valence electrons. The molecule has 1 aromatic rings. The molecule has 8 heteroatoms. The fraction of sp³-hybridized carbons (Fsp3) is 0.579. The molecule has 4 atom stereocenters. The van der Waals surface area contributed by atoms with Gasteiger partial charge in [-0.3, -0.25) is 9.59 Å². The fourth-order valence-electron chi connectivity index (χ4n) is 4.41. The van der Waals surface area contributed by atoms with Crippen molar-refractivity contribution in [3.8, 4) is 0 Å². The van der Waals surface area contributed by atoms with Gasteiger partial charge in [-0.2, -0.15) is 0 Å². The van der Waals surface area contributed by atoms with Crippen molar-refractivity contribution in [3.63, 3.8) is 0 Å². The Kier molecular flexibility index (Phi) is 5.74. The summed E-state index contributed by atoms with van der Waals surface area (Å²) >= 11 is 0. The Balaban J connectivity index is 1.63. The highest BCUT2D eigenvalue weighted by Crippen LogP contribution is 2.40. The number of amides is 2. The van der Waals surface area contributed by atoms with Gasteiger partial charge in [0.25, 0.3) is 0 Å². The second-order valence-electron chi connectivity index (χ2n) is 7.55. The summed E-state index contributed by atoms with van der Waals surface area (Å²) in [6.07, 6.45) is 3.25. The molecule has 0 spiro atoms. The third-order valence-electron chi connectivity index (χ3n) is 5.70. The summed E-state index contributed by atoms with van der Waals surface area (Å²) in [5, 5.41) is 2.53. The van der Waals surface area contributed by atoms with Crippen molar-refractivity contribution in [1.29, 1.82) is 0 Å². The first kappa shape index (κ1) is 19.7. The Morgan fingerprint density at radius 3 is 2.33 bits per heavy atom. The van der Waals surface area contributed by atoms with Crippen LogP contribution in [0.3, 0.4) is 0 Å². The second kappa shape index (κ2) is 7.88. The van der Waals surface area contributed by atoms with E-state index in [2.05, 4.69) is 5.32 Å². The Hall–Kier alpha value is -2.09. The Bertz CT molecular complexity index is 729. The molecule has 1 unspecified atom stereocenters. The summed E-state index contributed by atoms with van der Waals surface area (Å²) in [5.74, 6) is -3.38. The van der Waals surface area contributed by atoms with Gasteiger partial charge in [-0.1, -0.05) is 0 Å². The molecule has 1 aromatic carbocycles. The predicted molar refractivity (Wildman–Crippen MR) is 93.1 cm³/mol. The standard InChI is InChI=1S/C19H24F3N3O2/c1-10(26)24-9-19(27)25-13-2-3-14(25)5-12(4-13)18(23)7-11-6-16(21)17(22)8-15(11)20/h6,8,12-14,18H,2-5,7,9,23H2,1H3,(H,24,26)/t12?,13-,14+,18-/m1/s1. The van der Waals surface area contributed by atoms with Crippen molar-refractivity contribution < 1.29 is 22.8 Å². The van der Waals surface area contributed by atoms with E-state index in [-0.39, 0.29) is 48.3 Å². The van der Waals surface area contributed by atoms with Crippen LogP contribution in [-0.2, 0) is 16.0 Å². The maximum atomic E-state index is 13.9. The van der Waals surface area contributed by atoms with Gasteiger partial charge in [-0.05, 0) is 49.7 Å². The molecule has 2 aliphatic rings. The summed E-state index contributed by atoms with van der Waals surface area (Å²) in [4.78, 5) is 25.3. The van der Waals surface area contributed by atoms with Crippen molar-refractivity contribution in [2.75, 3.05) is 6.54 Å². The van der Waals surface area contributed by atoms with Gasteiger partial charge < -0.3 is 16.0 Å². The van der Waals surface area contributed by atoms with Gasteiger partial charge >= 0.3 is 0 Å². The smallest absolute Gasteiger partial charge is 0.242 e. The SMILES string of the molecule is CC(=O)NCC(=O)N1[C@@H]2CC[C@H]1CC([C@H](N)Cc1cc(F)c(F)cc1F)C2. The third kappa shape index (κ3) is 4.26. The number of piperidine rings is 1. The van der Waals surface area contributed by atoms with Crippen LogP contribution in [0.25, 0.3) is 0 Å². The largest absolute Gasteiger partial charge is 0.347 e. The Morgan fingerprint density at radius 1 is 1.15 bits per heavy atom. The van der Waals surface area contributed by atoms with E-state index in [4.69, 9.17) is 5.73 Å². The Labute approximate surface area is 156 Å². The number of halogens is 3. The number of hydrogen-bond acceptors (Lipinski definition) is 3. The average molecular weight is 383 g/mol. The molecule has 27 heavy (non-hydrogen) atoms. The number of carbonyl (C=O) groups is 2. The van der Waals surface area contributed by atoms with Gasteiger partial charge in [0.1, 0.15) is 5.82 Å². The van der Waals surface area contributed by atoms with Crippen LogP contribution in [0.1, 0.15) is 38.2 Å². The van der Waals surface area contributed by atoms with Crippen LogP contribution < -0.4 is 11.1 Å². The number of carbonyl (C=O) groups excluding carboxylic acids is 2. The van der Waals surface area contributed by atoms with Gasteiger partial charge in [-0.25, -0.2) is 13.2 Å². The topological polar surface area (TPSA) is 75.4 Å². The summed E-state index contributed by atoms with van der Waals surface area (Å²) in [6, 6.07) is 1.11. The predicted octanol–water partition coefficient (Wildman–Crippen LogP) is 1.88. The van der Waals surface area contributed by atoms with Crippen molar-refractivity contribution in [2.24, 2.45) is 11.7 Å². The molecule has 2 heterocycles. The molecule has 2 amide bonds. The fourth-order valence-corrected chi connectivity index (χ4v) is 4.41. The van der Waals surface area contributed by atoms with Crippen LogP contribution >= 0.6 is 0 Å². The van der Waals surface area contributed by atoms with Gasteiger partial charge in [-0.15, -0.1) is 0 Å². The van der Waals surface area contributed by atoms with Gasteiger partial charge in [0.2, 0.25) is 11.8 Å². The average Bonchev–Trinajstić information content (AvgIpc) is 2.87. The van der Waals surface area contributed by atoms with Crippen molar-refractivity contribution in [1.82, 2.24) is 10.2 Å². The van der Waals surface area contributed by atoms with Crippen LogP contribution in [0.4, 0.5) is 13.2 Å². The molecule has 0 aliphatic carbocycles. The minimum Gasteiger partial charge on any atom is -0.347 e. The molecular formula is C19H24F3N3O2. The lowest BCUT2D eigenvalue weighted by molar-refractivity contribution is -0.137. The molecule has 2 saturated heterocycles. The molecule has 2 aliphatic heterocycles. The highest BCUT2D eigenvalue weighted by atomic mass is 19.2. The lowest BCUT2D eigenvalue weighted by Gasteiger charge is -2.41. The summed E-state index contributed by atoms with van der Waals surface area (Å²) in [6.45, 7) is 1.35. The van der Waals surface area contributed by atoms with E-state index in [9.17, 15) is 22.8 Å². The zero-order valence-corrected chi connectivity index (χ0v) is 15.2. The molecule has 3 N–H and O–H groups in total. The van der Waals surface area contributed by atoms with Crippen molar-refractivity contribution >= 4 is 11.8 Å². The summed E-state index contributed by atoms with van der Waals surface area (Å²) in [5.41, 5.74) is 6.33. The maximum absolute atomic E-state index is 13.9. The zero-order valence-electron chi connectivity index (χ0n) is 15.2. The summed E-state index contributed by atoms with van der Waals surface area (Å²) < 4.78 is 40.4. The van der Waals surface area contributed by atoms with Crippen LogP contribution in [0.15, 0.2) is 12.1 Å². The molecule has 2 fully saturated rings. The van der Waals surface area contributed by atoms with E-state index in [0.717, 1.165) is 18.9 Å². The molecule has 0 aromatic heterocycles. The Morgan fingerprint density at radius 2 is 1.74 bits per heavy atom. The van der Waals surface area contributed by atoms with Crippen LogP contribution in [0.5, 0.6) is 0 Å². The lowest BCUT2D eigenvalue weighted by Crippen LogP contribution is -2.52. The van der Waals surface area contributed by atoms with E-state index in [0.29, 0.717) is 18.9 Å². The van der Waals surface area contributed by atoms with Gasteiger partial charge in [0.15, 0.2) is 11.6 Å². The molecule has 5 nitrogen and oxygen atoms in total. The van der Waals surface area contributed by atoms with Crippen LogP contribution in [0, 0.1) is 23.4 Å². The molecule has 2 bridgehead atoms. The number of benzene rings is 1. The quantitative estimate of drug-likeness (QED) is 0.763. The number of hydrogen-bond donors (Lipinski definition) is 2. The zero-order chi connectivity index (χ0) is 19.7. The van der Waals surface area contributed by atoms with E-state index >= 15 is 0 Å². The third-order valence-corrected chi connectivity index (χ3v) is 5.70. The first-order valence-corrected chi connectivity index (χ1v) is 9.20. The lowest BCUT2D eigenvalue weighted by atomic mass is 9.82. The molecular weight excluding hydrogens is 359 g/mol. The van der Waals surface area contributed by atoms with Crippen molar-refractivity contribution in [3.05, 3.63) is 35.1 Å². The number of rotatable bonds is 5. The van der Waals surface area contributed by atoms with E-state index in [1.807, 2.05) is 4.90 Å². The summed E-state index contributed by atoms with van der Waals surface area (Å²) in [7, 11) is 0. The monoisotopic (exact) mass is 383 g/mol. The number of nitrogens with zero attached hydrogens (tertiary/aromatic N) is 1. The van der Waals surface area contributed by atoms with Crippen LogP contribution in [-0.4, -0.2) is 41.4 Å². The number of nitrogens with two attached hydrogens (primary N) is 1. The van der Waals surface area contributed by atoms with E-state index in [1.54, 1.807) is 0 Å². The number of fused-ring (bicyclic) bond motifs is 2. The maximum Gasteiger partial charge on any atom is 0.242 e. The van der Waals surface area contributed by atoms with E-state index in [1.165, 1.54) is 6.92 Å². The highest BCUT2D eigenvalue weighted by molar-refractivity contribution is 5.84. The normalized spacial score (nSPS) is 25.4. The van der Waals surface area contributed by atoms with Crippen LogP contribution in [0.2, 0.25) is 0 Å². The minimum absolute atomic E-state index is 0.0148. The number of nitrogens with one attached hydrogen (secondary N) is 1. The first-order valence-electron chi connectivity index (χ1n) is 9.20. The van der Waals surface area contributed by atoms with Crippen molar-refractivity contribution in [2.45, 2.75) is 57.2 Å². The molecule has 0 saturated carbocycles. The molecule has 0 radical (unpaired) electrons. The van der Waals surface area contributed by atoms with Gasteiger partial charge in [0.05, 0.1) is 6.54 Å². The van der Waals surface area contributed by atoms with Gasteiger partial charge in [0, 0.05) is 31.1 Å². The molecule has 3 rings (SSSR count). The minimum atomic E-state index is -1.21.